The molecule has 0 unspecified atom stereocenters. The fraction of sp³-hybridized carbons (Fsp3) is 0.235. The molecule has 0 aliphatic carbocycles. The summed E-state index contributed by atoms with van der Waals surface area (Å²) in [5.74, 6) is -1.23. The maximum atomic E-state index is 13.7. The average molecular weight is 347 g/mol. The number of thiophene rings is 1. The van der Waals surface area contributed by atoms with Crippen molar-refractivity contribution in [2.24, 2.45) is 0 Å². The Morgan fingerprint density at radius 1 is 1.25 bits per heavy atom. The molecule has 0 radical (unpaired) electrons. The van der Waals surface area contributed by atoms with E-state index in [0.717, 1.165) is 39.4 Å². The van der Waals surface area contributed by atoms with Gasteiger partial charge in [-0.05, 0) is 31.5 Å². The van der Waals surface area contributed by atoms with Crippen molar-refractivity contribution in [3.8, 4) is 0 Å². The quantitative estimate of drug-likeness (QED) is 0.764. The highest BCUT2D eigenvalue weighted by Gasteiger charge is 2.20. The van der Waals surface area contributed by atoms with E-state index in [1.54, 1.807) is 0 Å². The zero-order valence-corrected chi connectivity index (χ0v) is 14.2. The highest BCUT2D eigenvalue weighted by atomic mass is 32.1. The first-order valence-electron chi connectivity index (χ1n) is 7.43. The number of rotatable bonds is 3. The molecule has 1 N–H and O–H groups in total. The third kappa shape index (κ3) is 2.87. The van der Waals surface area contributed by atoms with Crippen LogP contribution in [0.4, 0.5) is 14.5 Å². The Labute approximate surface area is 141 Å². The van der Waals surface area contributed by atoms with Gasteiger partial charge < -0.3 is 5.32 Å². The smallest absolute Gasteiger partial charge is 0.266 e. The molecule has 7 heteroatoms. The van der Waals surface area contributed by atoms with Crippen molar-refractivity contribution in [2.45, 2.75) is 27.2 Å². The lowest BCUT2D eigenvalue weighted by atomic mass is 10.1. The van der Waals surface area contributed by atoms with Crippen LogP contribution in [0.15, 0.2) is 18.2 Å². The SMILES string of the molecule is CCc1nc(C)c2c(C)c(C(=O)Nc3ccc(F)cc3F)sc2n1. The molecule has 3 rings (SSSR count). The van der Waals surface area contributed by atoms with Crippen molar-refractivity contribution in [3.05, 3.63) is 51.8 Å². The van der Waals surface area contributed by atoms with Gasteiger partial charge in [-0.15, -0.1) is 11.3 Å². The van der Waals surface area contributed by atoms with Crippen molar-refractivity contribution in [1.29, 1.82) is 0 Å². The number of nitrogens with one attached hydrogen (secondary N) is 1. The Bertz CT molecular complexity index is 953. The molecule has 0 saturated heterocycles. The molecule has 0 saturated carbocycles. The Hall–Kier alpha value is -2.41. The lowest BCUT2D eigenvalue weighted by Crippen LogP contribution is -2.12. The Balaban J connectivity index is 2.01. The first-order chi connectivity index (χ1) is 11.4. The Morgan fingerprint density at radius 2 is 2.00 bits per heavy atom. The van der Waals surface area contributed by atoms with Crippen LogP contribution in [-0.2, 0) is 6.42 Å². The molecule has 0 aliphatic rings. The molecule has 0 spiro atoms. The highest BCUT2D eigenvalue weighted by molar-refractivity contribution is 7.20. The second-order valence-corrected chi connectivity index (χ2v) is 6.39. The van der Waals surface area contributed by atoms with Crippen molar-refractivity contribution in [1.82, 2.24) is 9.97 Å². The van der Waals surface area contributed by atoms with Gasteiger partial charge in [0.05, 0.1) is 10.6 Å². The van der Waals surface area contributed by atoms with Crippen LogP contribution in [0.1, 0.15) is 33.7 Å². The summed E-state index contributed by atoms with van der Waals surface area (Å²) in [6.07, 6.45) is 0.704. The number of hydrogen-bond donors (Lipinski definition) is 1. The van der Waals surface area contributed by atoms with E-state index in [-0.39, 0.29) is 5.69 Å². The minimum atomic E-state index is -0.814. The molecule has 1 aromatic carbocycles. The second-order valence-electron chi connectivity index (χ2n) is 5.39. The minimum absolute atomic E-state index is 0.0599. The summed E-state index contributed by atoms with van der Waals surface area (Å²) in [6, 6.07) is 3.03. The molecule has 24 heavy (non-hydrogen) atoms. The maximum absolute atomic E-state index is 13.7. The third-order valence-electron chi connectivity index (χ3n) is 3.72. The van der Waals surface area contributed by atoms with Gasteiger partial charge in [0, 0.05) is 23.6 Å². The summed E-state index contributed by atoms with van der Waals surface area (Å²) in [5, 5.41) is 3.33. The number of hydrogen-bond acceptors (Lipinski definition) is 4. The lowest BCUT2D eigenvalue weighted by molar-refractivity contribution is 0.102. The number of aromatic nitrogens is 2. The fourth-order valence-corrected chi connectivity index (χ4v) is 3.69. The molecular weight excluding hydrogens is 332 g/mol. The van der Waals surface area contributed by atoms with E-state index in [4.69, 9.17) is 0 Å². The van der Waals surface area contributed by atoms with E-state index in [1.807, 2.05) is 20.8 Å². The van der Waals surface area contributed by atoms with Gasteiger partial charge in [0.2, 0.25) is 0 Å². The number of benzene rings is 1. The zero-order chi connectivity index (χ0) is 17.4. The Kier molecular flexibility index (Phi) is 4.28. The summed E-state index contributed by atoms with van der Waals surface area (Å²) < 4.78 is 26.7. The number of anilines is 1. The fourth-order valence-electron chi connectivity index (χ4n) is 2.54. The molecule has 0 bridgehead atoms. The normalized spacial score (nSPS) is 11.0. The van der Waals surface area contributed by atoms with Gasteiger partial charge in [0.15, 0.2) is 0 Å². The van der Waals surface area contributed by atoms with Gasteiger partial charge in [0.1, 0.15) is 22.3 Å². The van der Waals surface area contributed by atoms with Gasteiger partial charge in [-0.1, -0.05) is 6.92 Å². The van der Waals surface area contributed by atoms with E-state index >= 15 is 0 Å². The predicted molar refractivity (Wildman–Crippen MR) is 90.6 cm³/mol. The van der Waals surface area contributed by atoms with Gasteiger partial charge in [-0.3, -0.25) is 4.79 Å². The van der Waals surface area contributed by atoms with Gasteiger partial charge in [-0.2, -0.15) is 0 Å². The topological polar surface area (TPSA) is 54.9 Å². The summed E-state index contributed by atoms with van der Waals surface area (Å²) in [7, 11) is 0. The van der Waals surface area contributed by atoms with Crippen LogP contribution >= 0.6 is 11.3 Å². The second kappa shape index (κ2) is 6.24. The van der Waals surface area contributed by atoms with E-state index < -0.39 is 17.5 Å². The first-order valence-corrected chi connectivity index (χ1v) is 8.25. The zero-order valence-electron chi connectivity index (χ0n) is 13.4. The molecule has 0 aliphatic heterocycles. The third-order valence-corrected chi connectivity index (χ3v) is 4.90. The molecule has 2 heterocycles. The predicted octanol–water partition coefficient (Wildman–Crippen LogP) is 4.40. The van der Waals surface area contributed by atoms with Crippen molar-refractivity contribution < 1.29 is 13.6 Å². The summed E-state index contributed by atoms with van der Waals surface area (Å²) in [4.78, 5) is 22.6. The molecule has 0 atom stereocenters. The molecule has 4 nitrogen and oxygen atoms in total. The number of carbonyl (C=O) groups is 1. The number of carbonyl (C=O) groups excluding carboxylic acids is 1. The van der Waals surface area contributed by atoms with Crippen molar-refractivity contribution in [2.75, 3.05) is 5.32 Å². The monoisotopic (exact) mass is 347 g/mol. The molecular formula is C17H15F2N3OS. The van der Waals surface area contributed by atoms with E-state index in [2.05, 4.69) is 15.3 Å². The van der Waals surface area contributed by atoms with E-state index in [9.17, 15) is 13.6 Å². The minimum Gasteiger partial charge on any atom is -0.319 e. The van der Waals surface area contributed by atoms with Gasteiger partial charge in [-0.25, -0.2) is 18.7 Å². The van der Waals surface area contributed by atoms with Crippen LogP contribution in [0.25, 0.3) is 10.2 Å². The van der Waals surface area contributed by atoms with E-state index in [0.29, 0.717) is 11.3 Å². The van der Waals surface area contributed by atoms with Crippen LogP contribution in [-0.4, -0.2) is 15.9 Å². The van der Waals surface area contributed by atoms with Gasteiger partial charge in [0.25, 0.3) is 5.91 Å². The van der Waals surface area contributed by atoms with Gasteiger partial charge >= 0.3 is 0 Å². The van der Waals surface area contributed by atoms with Crippen LogP contribution < -0.4 is 5.32 Å². The molecule has 1 amide bonds. The average Bonchev–Trinajstić information content (AvgIpc) is 2.87. The van der Waals surface area contributed by atoms with Crippen LogP contribution in [0.2, 0.25) is 0 Å². The number of fused-ring (bicyclic) bond motifs is 1. The summed E-state index contributed by atoms with van der Waals surface area (Å²) >= 11 is 1.24. The lowest BCUT2D eigenvalue weighted by Gasteiger charge is -2.06. The number of amides is 1. The van der Waals surface area contributed by atoms with Crippen LogP contribution in [0.3, 0.4) is 0 Å². The summed E-state index contributed by atoms with van der Waals surface area (Å²) in [5.41, 5.74) is 1.52. The van der Waals surface area contributed by atoms with Crippen LogP contribution in [0.5, 0.6) is 0 Å². The van der Waals surface area contributed by atoms with E-state index in [1.165, 1.54) is 17.4 Å². The number of halogens is 2. The standard InChI is InChI=1S/C17H15F2N3OS/c1-4-13-20-9(3)14-8(2)15(24-17(14)22-13)16(23)21-12-6-5-10(18)7-11(12)19/h5-7H,4H2,1-3H3,(H,21,23). The number of nitrogens with zero attached hydrogens (tertiary/aromatic N) is 2. The summed E-state index contributed by atoms with van der Waals surface area (Å²) in [6.45, 7) is 5.66. The molecule has 2 aromatic heterocycles. The van der Waals surface area contributed by atoms with Crippen LogP contribution in [0, 0.1) is 25.5 Å². The molecule has 124 valence electrons. The molecule has 0 fully saturated rings. The van der Waals surface area contributed by atoms with Crippen molar-refractivity contribution in [3.63, 3.8) is 0 Å². The number of aryl methyl sites for hydroxylation is 3. The Morgan fingerprint density at radius 3 is 2.67 bits per heavy atom. The highest BCUT2D eigenvalue weighted by Crippen LogP contribution is 2.32. The maximum Gasteiger partial charge on any atom is 0.266 e. The molecule has 3 aromatic rings. The van der Waals surface area contributed by atoms with Crippen molar-refractivity contribution >= 4 is 33.1 Å². The first kappa shape index (κ1) is 16.4. The largest absolute Gasteiger partial charge is 0.319 e.